The highest BCUT2D eigenvalue weighted by Crippen LogP contribution is 2.16. The standard InChI is InChI=1S/C12H12N4OS/c1-18-12-15-10(13)9(11(17)16-12)14-7-8-5-3-2-4-6-8/h2-7H,1H3,(H3,13,15,16,17). The predicted octanol–water partition coefficient (Wildman–Crippen LogP) is 1.82. The normalized spacial score (nSPS) is 10.9. The molecule has 1 heterocycles. The maximum atomic E-state index is 11.7. The Labute approximate surface area is 108 Å². The van der Waals surface area contributed by atoms with Gasteiger partial charge in [-0.05, 0) is 11.8 Å². The number of aliphatic imine (C=N–C) groups is 1. The van der Waals surface area contributed by atoms with E-state index in [0.29, 0.717) is 5.16 Å². The van der Waals surface area contributed by atoms with Crippen LogP contribution in [0.25, 0.3) is 0 Å². The van der Waals surface area contributed by atoms with E-state index in [9.17, 15) is 4.79 Å². The summed E-state index contributed by atoms with van der Waals surface area (Å²) in [6, 6.07) is 9.47. The summed E-state index contributed by atoms with van der Waals surface area (Å²) in [6.45, 7) is 0. The zero-order chi connectivity index (χ0) is 13.0. The molecule has 0 aliphatic carbocycles. The van der Waals surface area contributed by atoms with Gasteiger partial charge in [-0.25, -0.2) is 9.98 Å². The first-order valence-corrected chi connectivity index (χ1v) is 6.46. The molecule has 0 unspecified atom stereocenters. The van der Waals surface area contributed by atoms with Crippen molar-refractivity contribution in [2.75, 3.05) is 12.0 Å². The molecule has 0 atom stereocenters. The minimum Gasteiger partial charge on any atom is -0.382 e. The fourth-order valence-electron chi connectivity index (χ4n) is 1.36. The Morgan fingerprint density at radius 3 is 2.72 bits per heavy atom. The Bertz CT molecular complexity index is 622. The summed E-state index contributed by atoms with van der Waals surface area (Å²) in [4.78, 5) is 22.5. The smallest absolute Gasteiger partial charge is 0.279 e. The second-order valence-corrected chi connectivity index (χ2v) is 4.27. The lowest BCUT2D eigenvalue weighted by atomic mass is 10.2. The molecule has 18 heavy (non-hydrogen) atoms. The molecular formula is C12H12N4OS. The number of aromatic amines is 1. The molecule has 0 aliphatic rings. The number of nitrogen functional groups attached to an aromatic ring is 1. The van der Waals surface area contributed by atoms with Crippen LogP contribution in [0.2, 0.25) is 0 Å². The van der Waals surface area contributed by atoms with E-state index in [1.807, 2.05) is 36.6 Å². The van der Waals surface area contributed by atoms with E-state index in [1.165, 1.54) is 11.8 Å². The van der Waals surface area contributed by atoms with E-state index in [0.717, 1.165) is 5.56 Å². The van der Waals surface area contributed by atoms with Crippen LogP contribution in [-0.2, 0) is 0 Å². The highest BCUT2D eigenvalue weighted by atomic mass is 32.2. The van der Waals surface area contributed by atoms with Crippen molar-refractivity contribution in [3.05, 3.63) is 46.2 Å². The monoisotopic (exact) mass is 260 g/mol. The maximum Gasteiger partial charge on any atom is 0.279 e. The molecule has 0 aliphatic heterocycles. The van der Waals surface area contributed by atoms with Crippen LogP contribution in [0.1, 0.15) is 5.56 Å². The molecular weight excluding hydrogens is 248 g/mol. The number of anilines is 1. The second kappa shape index (κ2) is 5.50. The Hall–Kier alpha value is -2.08. The molecule has 6 heteroatoms. The first kappa shape index (κ1) is 12.4. The SMILES string of the molecule is CSc1nc(N)c(N=Cc2ccccc2)c(=O)[nH]1. The zero-order valence-corrected chi connectivity index (χ0v) is 10.6. The maximum absolute atomic E-state index is 11.7. The molecule has 1 aromatic carbocycles. The number of nitrogens with zero attached hydrogens (tertiary/aromatic N) is 2. The van der Waals surface area contributed by atoms with Crippen molar-refractivity contribution in [2.45, 2.75) is 5.16 Å². The summed E-state index contributed by atoms with van der Waals surface area (Å²) < 4.78 is 0. The second-order valence-electron chi connectivity index (χ2n) is 3.48. The van der Waals surface area contributed by atoms with Crippen LogP contribution in [0.4, 0.5) is 11.5 Å². The minimum absolute atomic E-state index is 0.135. The highest BCUT2D eigenvalue weighted by Gasteiger charge is 2.06. The van der Waals surface area contributed by atoms with Crippen molar-refractivity contribution in [1.29, 1.82) is 0 Å². The molecule has 3 N–H and O–H groups in total. The van der Waals surface area contributed by atoms with Crippen molar-refractivity contribution in [3.8, 4) is 0 Å². The van der Waals surface area contributed by atoms with Gasteiger partial charge in [-0.2, -0.15) is 0 Å². The lowest BCUT2D eigenvalue weighted by Crippen LogP contribution is -2.11. The first-order chi connectivity index (χ1) is 8.70. The van der Waals surface area contributed by atoms with Crippen molar-refractivity contribution < 1.29 is 0 Å². The summed E-state index contributed by atoms with van der Waals surface area (Å²) >= 11 is 1.32. The molecule has 0 radical (unpaired) electrons. The topological polar surface area (TPSA) is 84.1 Å². The lowest BCUT2D eigenvalue weighted by Gasteiger charge is -2.00. The number of rotatable bonds is 3. The van der Waals surface area contributed by atoms with Crippen LogP contribution in [0.15, 0.2) is 45.3 Å². The molecule has 0 bridgehead atoms. The van der Waals surface area contributed by atoms with E-state index in [1.54, 1.807) is 6.21 Å². The molecule has 0 fully saturated rings. The Morgan fingerprint density at radius 1 is 1.39 bits per heavy atom. The number of hydrogen-bond donors (Lipinski definition) is 2. The molecule has 1 aromatic heterocycles. The predicted molar refractivity (Wildman–Crippen MR) is 74.7 cm³/mol. The van der Waals surface area contributed by atoms with Gasteiger partial charge in [0.25, 0.3) is 5.56 Å². The van der Waals surface area contributed by atoms with Gasteiger partial charge >= 0.3 is 0 Å². The third kappa shape index (κ3) is 2.78. The molecule has 2 rings (SSSR count). The fraction of sp³-hybridized carbons (Fsp3) is 0.0833. The number of hydrogen-bond acceptors (Lipinski definition) is 5. The third-order valence-electron chi connectivity index (χ3n) is 2.24. The van der Waals surface area contributed by atoms with Gasteiger partial charge in [0.15, 0.2) is 16.7 Å². The van der Waals surface area contributed by atoms with Gasteiger partial charge in [0, 0.05) is 6.21 Å². The van der Waals surface area contributed by atoms with Crippen molar-refractivity contribution in [3.63, 3.8) is 0 Å². The van der Waals surface area contributed by atoms with Crippen LogP contribution in [0.5, 0.6) is 0 Å². The molecule has 0 saturated carbocycles. The summed E-state index contributed by atoms with van der Waals surface area (Å²) in [5.41, 5.74) is 6.40. The quantitative estimate of drug-likeness (QED) is 0.501. The van der Waals surface area contributed by atoms with Crippen molar-refractivity contribution in [1.82, 2.24) is 9.97 Å². The molecule has 0 spiro atoms. The Kier molecular flexibility index (Phi) is 3.78. The minimum atomic E-state index is -0.334. The number of thioether (sulfide) groups is 1. The number of benzene rings is 1. The number of nitrogens with two attached hydrogens (primary N) is 1. The summed E-state index contributed by atoms with van der Waals surface area (Å²) in [5, 5.41) is 0.483. The van der Waals surface area contributed by atoms with Crippen LogP contribution in [0, 0.1) is 0 Å². The summed E-state index contributed by atoms with van der Waals surface area (Å²) in [6.07, 6.45) is 3.39. The van der Waals surface area contributed by atoms with Crippen molar-refractivity contribution in [2.24, 2.45) is 4.99 Å². The fourth-order valence-corrected chi connectivity index (χ4v) is 1.75. The van der Waals surface area contributed by atoms with E-state index in [4.69, 9.17) is 5.73 Å². The highest BCUT2D eigenvalue weighted by molar-refractivity contribution is 7.98. The third-order valence-corrected chi connectivity index (χ3v) is 2.82. The molecule has 0 saturated heterocycles. The zero-order valence-electron chi connectivity index (χ0n) is 9.75. The molecule has 5 nitrogen and oxygen atoms in total. The van der Waals surface area contributed by atoms with Gasteiger partial charge in [-0.3, -0.25) is 9.78 Å². The van der Waals surface area contributed by atoms with Gasteiger partial charge in [-0.1, -0.05) is 42.1 Å². The molecule has 92 valence electrons. The molecule has 2 aromatic rings. The number of H-pyrrole nitrogens is 1. The van der Waals surface area contributed by atoms with E-state index >= 15 is 0 Å². The number of nitrogens with one attached hydrogen (secondary N) is 1. The Morgan fingerprint density at radius 2 is 2.11 bits per heavy atom. The lowest BCUT2D eigenvalue weighted by molar-refractivity contribution is 0.947. The Balaban J connectivity index is 2.36. The van der Waals surface area contributed by atoms with Crippen LogP contribution in [0.3, 0.4) is 0 Å². The van der Waals surface area contributed by atoms with Crippen LogP contribution < -0.4 is 11.3 Å². The number of aromatic nitrogens is 2. The van der Waals surface area contributed by atoms with E-state index < -0.39 is 0 Å². The summed E-state index contributed by atoms with van der Waals surface area (Å²) in [7, 11) is 0. The van der Waals surface area contributed by atoms with Crippen molar-refractivity contribution >= 4 is 29.5 Å². The van der Waals surface area contributed by atoms with Crippen LogP contribution in [-0.4, -0.2) is 22.4 Å². The summed E-state index contributed by atoms with van der Waals surface area (Å²) in [5.74, 6) is 0.135. The van der Waals surface area contributed by atoms with Gasteiger partial charge in [0.05, 0.1) is 0 Å². The van der Waals surface area contributed by atoms with Gasteiger partial charge in [0.2, 0.25) is 0 Å². The average Bonchev–Trinajstić information content (AvgIpc) is 2.38. The molecule has 0 amide bonds. The first-order valence-electron chi connectivity index (χ1n) is 5.23. The largest absolute Gasteiger partial charge is 0.382 e. The van der Waals surface area contributed by atoms with E-state index in [2.05, 4.69) is 15.0 Å². The van der Waals surface area contributed by atoms with E-state index in [-0.39, 0.29) is 17.1 Å². The average molecular weight is 260 g/mol. The van der Waals surface area contributed by atoms with Gasteiger partial charge in [0.1, 0.15) is 0 Å². The van der Waals surface area contributed by atoms with Gasteiger partial charge in [-0.15, -0.1) is 0 Å². The van der Waals surface area contributed by atoms with Gasteiger partial charge < -0.3 is 5.73 Å². The van der Waals surface area contributed by atoms with Crippen LogP contribution >= 0.6 is 11.8 Å².